The standard InChI is InChI=1S/C13H18N2O3S2/c1-4-18-12(17)10-14-9(7-19-10)11(16)15-5-6-20-13(2,3)8-15/h7H,4-6,8H2,1-3H3. The highest BCUT2D eigenvalue weighted by Gasteiger charge is 2.31. The maximum atomic E-state index is 12.4. The van der Waals surface area contributed by atoms with Crippen LogP contribution in [0.1, 0.15) is 41.1 Å². The van der Waals surface area contributed by atoms with Crippen molar-refractivity contribution < 1.29 is 14.3 Å². The van der Waals surface area contributed by atoms with Crippen LogP contribution < -0.4 is 0 Å². The number of carbonyl (C=O) groups is 2. The molecule has 1 fully saturated rings. The molecule has 20 heavy (non-hydrogen) atoms. The Morgan fingerprint density at radius 2 is 2.25 bits per heavy atom. The molecule has 0 saturated carbocycles. The van der Waals surface area contributed by atoms with Gasteiger partial charge in [0.1, 0.15) is 5.69 Å². The molecule has 110 valence electrons. The molecule has 0 radical (unpaired) electrons. The first-order valence-electron chi connectivity index (χ1n) is 6.49. The second-order valence-electron chi connectivity index (χ2n) is 5.09. The van der Waals surface area contributed by atoms with Crippen molar-refractivity contribution in [1.82, 2.24) is 9.88 Å². The minimum Gasteiger partial charge on any atom is -0.461 e. The van der Waals surface area contributed by atoms with Crippen LogP contribution in [-0.4, -0.2) is 52.0 Å². The van der Waals surface area contributed by atoms with E-state index in [1.54, 1.807) is 17.2 Å². The van der Waals surface area contributed by atoms with E-state index < -0.39 is 5.97 Å². The van der Waals surface area contributed by atoms with Crippen LogP contribution in [0.5, 0.6) is 0 Å². The number of amides is 1. The zero-order valence-corrected chi connectivity index (χ0v) is 13.5. The molecule has 0 bridgehead atoms. The molecule has 0 spiro atoms. The number of hydrogen-bond donors (Lipinski definition) is 0. The van der Waals surface area contributed by atoms with E-state index in [0.717, 1.165) is 23.6 Å². The number of carbonyl (C=O) groups excluding carboxylic acids is 2. The maximum absolute atomic E-state index is 12.4. The van der Waals surface area contributed by atoms with Gasteiger partial charge in [0.05, 0.1) is 6.61 Å². The molecule has 1 saturated heterocycles. The molecular formula is C13H18N2O3S2. The quantitative estimate of drug-likeness (QED) is 0.801. The Morgan fingerprint density at radius 3 is 2.90 bits per heavy atom. The van der Waals surface area contributed by atoms with Crippen molar-refractivity contribution in [3.8, 4) is 0 Å². The van der Waals surface area contributed by atoms with Crippen LogP contribution in [0.4, 0.5) is 0 Å². The van der Waals surface area contributed by atoms with Gasteiger partial charge >= 0.3 is 5.97 Å². The number of hydrogen-bond acceptors (Lipinski definition) is 6. The van der Waals surface area contributed by atoms with Gasteiger partial charge in [-0.25, -0.2) is 9.78 Å². The summed E-state index contributed by atoms with van der Waals surface area (Å²) in [6.45, 7) is 7.72. The van der Waals surface area contributed by atoms with Gasteiger partial charge in [0.15, 0.2) is 0 Å². The Kier molecular flexibility index (Phi) is 4.70. The van der Waals surface area contributed by atoms with Crippen molar-refractivity contribution in [2.75, 3.05) is 25.4 Å². The number of ether oxygens (including phenoxy) is 1. The van der Waals surface area contributed by atoms with Crippen LogP contribution in [0, 0.1) is 0 Å². The van der Waals surface area contributed by atoms with E-state index in [-0.39, 0.29) is 15.7 Å². The second-order valence-corrected chi connectivity index (χ2v) is 7.75. The number of thiazole rings is 1. The van der Waals surface area contributed by atoms with Gasteiger partial charge in [-0.15, -0.1) is 11.3 Å². The van der Waals surface area contributed by atoms with Crippen molar-refractivity contribution in [3.05, 3.63) is 16.1 Å². The summed E-state index contributed by atoms with van der Waals surface area (Å²) in [5, 5.41) is 1.87. The van der Waals surface area contributed by atoms with Crippen LogP contribution >= 0.6 is 23.1 Å². The van der Waals surface area contributed by atoms with Gasteiger partial charge in [-0.05, 0) is 20.8 Å². The van der Waals surface area contributed by atoms with Crippen LogP contribution in [0.15, 0.2) is 5.38 Å². The van der Waals surface area contributed by atoms with Gasteiger partial charge in [-0.1, -0.05) is 0 Å². The van der Waals surface area contributed by atoms with Crippen LogP contribution in [0.2, 0.25) is 0 Å². The van der Waals surface area contributed by atoms with Crippen molar-refractivity contribution >= 4 is 35.0 Å². The topological polar surface area (TPSA) is 59.5 Å². The molecular weight excluding hydrogens is 296 g/mol. The fourth-order valence-corrected chi connectivity index (χ4v) is 3.80. The predicted octanol–water partition coefficient (Wildman–Crippen LogP) is 2.29. The van der Waals surface area contributed by atoms with Crippen molar-refractivity contribution in [1.29, 1.82) is 0 Å². The highest BCUT2D eigenvalue weighted by atomic mass is 32.2. The smallest absolute Gasteiger partial charge is 0.367 e. The predicted molar refractivity (Wildman–Crippen MR) is 80.5 cm³/mol. The lowest BCUT2D eigenvalue weighted by atomic mass is 10.2. The summed E-state index contributed by atoms with van der Waals surface area (Å²) in [6, 6.07) is 0. The van der Waals surface area contributed by atoms with Gasteiger partial charge in [0.25, 0.3) is 5.91 Å². The summed E-state index contributed by atoms with van der Waals surface area (Å²) in [5.74, 6) is 0.351. The zero-order valence-electron chi connectivity index (χ0n) is 11.8. The van der Waals surface area contributed by atoms with E-state index in [2.05, 4.69) is 18.8 Å². The lowest BCUT2D eigenvalue weighted by Crippen LogP contribution is -2.46. The summed E-state index contributed by atoms with van der Waals surface area (Å²) >= 11 is 3.02. The Morgan fingerprint density at radius 1 is 1.50 bits per heavy atom. The fraction of sp³-hybridized carbons (Fsp3) is 0.615. The monoisotopic (exact) mass is 314 g/mol. The third-order valence-electron chi connectivity index (χ3n) is 2.89. The largest absolute Gasteiger partial charge is 0.461 e. The third kappa shape index (κ3) is 3.52. The van der Waals surface area contributed by atoms with Gasteiger partial charge < -0.3 is 9.64 Å². The summed E-state index contributed by atoms with van der Waals surface area (Å²) in [7, 11) is 0. The average Bonchev–Trinajstić information content (AvgIpc) is 2.86. The molecule has 1 aromatic heterocycles. The van der Waals surface area contributed by atoms with Crippen LogP contribution in [-0.2, 0) is 4.74 Å². The molecule has 0 atom stereocenters. The lowest BCUT2D eigenvalue weighted by Gasteiger charge is -2.37. The number of thioether (sulfide) groups is 1. The van der Waals surface area contributed by atoms with E-state index in [4.69, 9.17) is 4.74 Å². The first kappa shape index (κ1) is 15.3. The van der Waals surface area contributed by atoms with E-state index in [9.17, 15) is 9.59 Å². The van der Waals surface area contributed by atoms with E-state index in [1.165, 1.54) is 0 Å². The van der Waals surface area contributed by atoms with Gasteiger partial charge in [-0.3, -0.25) is 4.79 Å². The molecule has 2 rings (SSSR count). The molecule has 0 aromatic carbocycles. The van der Waals surface area contributed by atoms with Crippen molar-refractivity contribution in [2.24, 2.45) is 0 Å². The molecule has 1 aromatic rings. The summed E-state index contributed by atoms with van der Waals surface area (Å²) in [4.78, 5) is 29.9. The van der Waals surface area contributed by atoms with Crippen molar-refractivity contribution in [2.45, 2.75) is 25.5 Å². The molecule has 1 aliphatic rings. The lowest BCUT2D eigenvalue weighted by molar-refractivity contribution is 0.0526. The first-order chi connectivity index (χ1) is 9.43. The van der Waals surface area contributed by atoms with Gasteiger partial charge in [0, 0.05) is 29.0 Å². The minimum absolute atomic E-state index is 0.0634. The number of esters is 1. The SMILES string of the molecule is CCOC(=O)c1nc(C(=O)N2CCSC(C)(C)C2)cs1. The molecule has 2 heterocycles. The highest BCUT2D eigenvalue weighted by molar-refractivity contribution is 8.00. The van der Waals surface area contributed by atoms with Crippen LogP contribution in [0.3, 0.4) is 0 Å². The maximum Gasteiger partial charge on any atom is 0.367 e. The van der Waals surface area contributed by atoms with E-state index in [1.807, 2.05) is 11.8 Å². The van der Waals surface area contributed by atoms with Crippen molar-refractivity contribution in [3.63, 3.8) is 0 Å². The Bertz CT molecular complexity index is 513. The molecule has 0 unspecified atom stereocenters. The van der Waals surface area contributed by atoms with Crippen LogP contribution in [0.25, 0.3) is 0 Å². The zero-order chi connectivity index (χ0) is 14.8. The Labute approximate surface area is 126 Å². The van der Waals surface area contributed by atoms with E-state index in [0.29, 0.717) is 18.8 Å². The van der Waals surface area contributed by atoms with Gasteiger partial charge in [0.2, 0.25) is 5.01 Å². The summed E-state index contributed by atoms with van der Waals surface area (Å²) in [6.07, 6.45) is 0. The molecule has 1 aliphatic heterocycles. The average molecular weight is 314 g/mol. The van der Waals surface area contributed by atoms with E-state index >= 15 is 0 Å². The third-order valence-corrected chi connectivity index (χ3v) is 5.01. The Hall–Kier alpha value is -1.08. The normalized spacial score (nSPS) is 17.9. The summed E-state index contributed by atoms with van der Waals surface area (Å²) < 4.78 is 4.94. The second kappa shape index (κ2) is 6.13. The molecule has 0 N–H and O–H groups in total. The Balaban J connectivity index is 2.08. The molecule has 5 nitrogen and oxygen atoms in total. The molecule has 7 heteroatoms. The van der Waals surface area contributed by atoms with Gasteiger partial charge in [-0.2, -0.15) is 11.8 Å². The number of rotatable bonds is 3. The number of aromatic nitrogens is 1. The fourth-order valence-electron chi connectivity index (χ4n) is 2.01. The highest BCUT2D eigenvalue weighted by Crippen LogP contribution is 2.30. The molecule has 0 aliphatic carbocycles. The number of nitrogens with zero attached hydrogens (tertiary/aromatic N) is 2. The minimum atomic E-state index is -0.467. The molecule has 1 amide bonds. The summed E-state index contributed by atoms with van der Waals surface area (Å²) in [5.41, 5.74) is 0.334. The first-order valence-corrected chi connectivity index (χ1v) is 8.35.